The molecule has 3 aromatic rings. The van der Waals surface area contributed by atoms with Crippen molar-refractivity contribution in [3.05, 3.63) is 53.1 Å². The number of carbonyl (C=O) groups excluding carboxylic acids is 1. The van der Waals surface area contributed by atoms with E-state index in [4.69, 9.17) is 4.74 Å². The molecule has 0 aliphatic carbocycles. The first-order chi connectivity index (χ1) is 10.7. The quantitative estimate of drug-likeness (QED) is 0.718. The zero-order chi connectivity index (χ0) is 15.7. The van der Waals surface area contributed by atoms with Gasteiger partial charge in [-0.15, -0.1) is 0 Å². The molecule has 0 bridgehead atoms. The van der Waals surface area contributed by atoms with Crippen molar-refractivity contribution in [3.8, 4) is 17.0 Å². The summed E-state index contributed by atoms with van der Waals surface area (Å²) in [4.78, 5) is 15.1. The van der Waals surface area contributed by atoms with Crippen LogP contribution in [0.4, 0.5) is 0 Å². The number of aldehydes is 1. The van der Waals surface area contributed by atoms with Crippen LogP contribution in [-0.2, 0) is 6.42 Å². The summed E-state index contributed by atoms with van der Waals surface area (Å²) >= 11 is 0. The standard InChI is InChI=1S/C19H19NO2/c1-4-13-6-5-7-15-16(11-21)19(20-18(13)15)14-8-9-17(22-3)12(2)10-14/h5-11,20H,4H2,1-3H3. The molecule has 0 amide bonds. The first-order valence-electron chi connectivity index (χ1n) is 7.43. The molecule has 1 aromatic heterocycles. The minimum Gasteiger partial charge on any atom is -0.496 e. The fraction of sp³-hybridized carbons (Fsp3) is 0.211. The van der Waals surface area contributed by atoms with Crippen molar-refractivity contribution in [3.63, 3.8) is 0 Å². The van der Waals surface area contributed by atoms with Crippen LogP contribution in [-0.4, -0.2) is 18.4 Å². The number of benzene rings is 2. The predicted octanol–water partition coefficient (Wildman–Crippen LogP) is 4.53. The third-order valence-electron chi connectivity index (χ3n) is 4.14. The molecule has 0 unspecified atom stereocenters. The third-order valence-corrected chi connectivity index (χ3v) is 4.14. The van der Waals surface area contributed by atoms with E-state index in [0.717, 1.165) is 51.7 Å². The molecule has 0 saturated carbocycles. The molecule has 112 valence electrons. The highest BCUT2D eigenvalue weighted by atomic mass is 16.5. The maximum atomic E-state index is 11.6. The van der Waals surface area contributed by atoms with Crippen molar-refractivity contribution in [2.45, 2.75) is 20.3 Å². The second kappa shape index (κ2) is 5.68. The van der Waals surface area contributed by atoms with Crippen LogP contribution < -0.4 is 4.74 Å². The van der Waals surface area contributed by atoms with E-state index >= 15 is 0 Å². The van der Waals surface area contributed by atoms with Crippen molar-refractivity contribution in [1.29, 1.82) is 0 Å². The van der Waals surface area contributed by atoms with Crippen molar-refractivity contribution in [1.82, 2.24) is 4.98 Å². The molecule has 0 fully saturated rings. The van der Waals surface area contributed by atoms with Gasteiger partial charge in [0.1, 0.15) is 5.75 Å². The highest BCUT2D eigenvalue weighted by Gasteiger charge is 2.15. The fourth-order valence-electron chi connectivity index (χ4n) is 2.98. The number of para-hydroxylation sites is 1. The predicted molar refractivity (Wildman–Crippen MR) is 89.8 cm³/mol. The summed E-state index contributed by atoms with van der Waals surface area (Å²) in [5, 5.41) is 0.984. The molecule has 3 rings (SSSR count). The van der Waals surface area contributed by atoms with E-state index < -0.39 is 0 Å². The average molecular weight is 293 g/mol. The monoisotopic (exact) mass is 293 g/mol. The van der Waals surface area contributed by atoms with E-state index in [1.807, 2.05) is 37.3 Å². The van der Waals surface area contributed by atoms with Crippen molar-refractivity contribution in [2.75, 3.05) is 7.11 Å². The van der Waals surface area contributed by atoms with Gasteiger partial charge in [-0.2, -0.15) is 0 Å². The SMILES string of the molecule is CCc1cccc2c(C=O)c(-c3ccc(OC)c(C)c3)[nH]c12. The molecule has 0 saturated heterocycles. The number of hydrogen-bond acceptors (Lipinski definition) is 2. The summed E-state index contributed by atoms with van der Waals surface area (Å²) in [7, 11) is 1.66. The van der Waals surface area contributed by atoms with Crippen LogP contribution in [0, 0.1) is 6.92 Å². The lowest BCUT2D eigenvalue weighted by molar-refractivity contribution is 0.112. The van der Waals surface area contributed by atoms with Gasteiger partial charge in [0.2, 0.25) is 0 Å². The van der Waals surface area contributed by atoms with E-state index in [0.29, 0.717) is 0 Å². The minimum atomic E-state index is 0.717. The summed E-state index contributed by atoms with van der Waals surface area (Å²) in [6.07, 6.45) is 1.87. The van der Waals surface area contributed by atoms with Gasteiger partial charge in [0.15, 0.2) is 6.29 Å². The number of aromatic amines is 1. The molecule has 2 aromatic carbocycles. The first-order valence-corrected chi connectivity index (χ1v) is 7.43. The molecular formula is C19H19NO2. The number of fused-ring (bicyclic) bond motifs is 1. The molecule has 22 heavy (non-hydrogen) atoms. The molecular weight excluding hydrogens is 274 g/mol. The number of ether oxygens (including phenoxy) is 1. The highest BCUT2D eigenvalue weighted by Crippen LogP contribution is 2.33. The van der Waals surface area contributed by atoms with E-state index in [9.17, 15) is 4.79 Å². The topological polar surface area (TPSA) is 42.1 Å². The van der Waals surface area contributed by atoms with Gasteiger partial charge in [0, 0.05) is 16.5 Å². The van der Waals surface area contributed by atoms with E-state index in [-0.39, 0.29) is 0 Å². The second-order valence-electron chi connectivity index (χ2n) is 5.41. The average Bonchev–Trinajstić information content (AvgIpc) is 2.93. The molecule has 0 atom stereocenters. The smallest absolute Gasteiger partial charge is 0.152 e. The van der Waals surface area contributed by atoms with Gasteiger partial charge in [-0.05, 0) is 48.2 Å². The van der Waals surface area contributed by atoms with Gasteiger partial charge in [0.05, 0.1) is 12.8 Å². The molecule has 3 nitrogen and oxygen atoms in total. The number of hydrogen-bond donors (Lipinski definition) is 1. The van der Waals surface area contributed by atoms with Crippen LogP contribution in [0.2, 0.25) is 0 Å². The lowest BCUT2D eigenvalue weighted by Gasteiger charge is -2.07. The number of rotatable bonds is 4. The van der Waals surface area contributed by atoms with Crippen molar-refractivity contribution in [2.24, 2.45) is 0 Å². The van der Waals surface area contributed by atoms with Crippen LogP contribution in [0.25, 0.3) is 22.2 Å². The number of carbonyl (C=O) groups is 1. The Hall–Kier alpha value is -2.55. The van der Waals surface area contributed by atoms with Gasteiger partial charge in [-0.3, -0.25) is 4.79 Å². The number of nitrogens with one attached hydrogen (secondary N) is 1. The maximum absolute atomic E-state index is 11.6. The van der Waals surface area contributed by atoms with Gasteiger partial charge in [0.25, 0.3) is 0 Å². The minimum absolute atomic E-state index is 0.717. The Morgan fingerprint density at radius 1 is 1.23 bits per heavy atom. The van der Waals surface area contributed by atoms with E-state index in [1.54, 1.807) is 7.11 Å². The Morgan fingerprint density at radius 2 is 2.05 bits per heavy atom. The Labute approximate surface area is 129 Å². The van der Waals surface area contributed by atoms with E-state index in [2.05, 4.69) is 18.0 Å². The summed E-state index contributed by atoms with van der Waals surface area (Å²) in [5.41, 5.74) is 5.91. The van der Waals surface area contributed by atoms with Crippen LogP contribution in [0.1, 0.15) is 28.4 Å². The molecule has 1 N–H and O–H groups in total. The van der Waals surface area contributed by atoms with Crippen LogP contribution in [0.5, 0.6) is 5.75 Å². The largest absolute Gasteiger partial charge is 0.496 e. The molecule has 3 heteroatoms. The summed E-state index contributed by atoms with van der Waals surface area (Å²) < 4.78 is 5.31. The van der Waals surface area contributed by atoms with Crippen LogP contribution in [0.15, 0.2) is 36.4 Å². The second-order valence-corrected chi connectivity index (χ2v) is 5.41. The Bertz CT molecular complexity index is 846. The summed E-state index contributed by atoms with van der Waals surface area (Å²) in [5.74, 6) is 0.849. The summed E-state index contributed by atoms with van der Waals surface area (Å²) in [6.45, 7) is 4.12. The Kier molecular flexibility index (Phi) is 3.72. The number of H-pyrrole nitrogens is 1. The van der Waals surface area contributed by atoms with Crippen LogP contribution >= 0.6 is 0 Å². The number of aryl methyl sites for hydroxylation is 2. The fourth-order valence-corrected chi connectivity index (χ4v) is 2.98. The lowest BCUT2D eigenvalue weighted by Crippen LogP contribution is -1.89. The molecule has 0 radical (unpaired) electrons. The van der Waals surface area contributed by atoms with E-state index in [1.165, 1.54) is 5.56 Å². The third kappa shape index (κ3) is 2.19. The molecule has 0 aliphatic rings. The normalized spacial score (nSPS) is 10.9. The van der Waals surface area contributed by atoms with Gasteiger partial charge < -0.3 is 9.72 Å². The maximum Gasteiger partial charge on any atom is 0.152 e. The van der Waals surface area contributed by atoms with Gasteiger partial charge >= 0.3 is 0 Å². The van der Waals surface area contributed by atoms with Crippen molar-refractivity contribution >= 4 is 17.2 Å². The lowest BCUT2D eigenvalue weighted by atomic mass is 10.0. The zero-order valence-corrected chi connectivity index (χ0v) is 13.1. The molecule has 0 aliphatic heterocycles. The first kappa shape index (κ1) is 14.4. The van der Waals surface area contributed by atoms with Gasteiger partial charge in [-0.1, -0.05) is 25.1 Å². The summed E-state index contributed by atoms with van der Waals surface area (Å²) in [6, 6.07) is 12.1. The van der Waals surface area contributed by atoms with Crippen molar-refractivity contribution < 1.29 is 9.53 Å². The van der Waals surface area contributed by atoms with Gasteiger partial charge in [-0.25, -0.2) is 0 Å². The molecule has 1 heterocycles. The highest BCUT2D eigenvalue weighted by molar-refractivity contribution is 6.05. The Morgan fingerprint density at radius 3 is 2.68 bits per heavy atom. The van der Waals surface area contributed by atoms with Crippen LogP contribution in [0.3, 0.4) is 0 Å². The number of methoxy groups -OCH3 is 1. The zero-order valence-electron chi connectivity index (χ0n) is 13.1. The Balaban J connectivity index is 2.26. The molecule has 0 spiro atoms. The number of aromatic nitrogens is 1.